The van der Waals surface area contributed by atoms with Crippen LogP contribution in [0.1, 0.15) is 18.1 Å². The lowest BCUT2D eigenvalue weighted by molar-refractivity contribution is 1.01. The number of H-pyrrole nitrogens is 1. The highest BCUT2D eigenvalue weighted by molar-refractivity contribution is 6.03. The molecule has 0 saturated heterocycles. The Bertz CT molecular complexity index is 1130. The maximum Gasteiger partial charge on any atom is 0.265 e. The van der Waals surface area contributed by atoms with Gasteiger partial charge in [0.15, 0.2) is 5.65 Å². The number of aromatic nitrogens is 4. The van der Waals surface area contributed by atoms with Crippen LogP contribution < -0.4 is 5.43 Å². The van der Waals surface area contributed by atoms with E-state index in [-0.39, 0.29) is 0 Å². The zero-order chi connectivity index (χ0) is 17.9. The highest BCUT2D eigenvalue weighted by Gasteiger charge is 2.08. The van der Waals surface area contributed by atoms with E-state index < -0.39 is 0 Å². The number of aromatic amines is 1. The molecule has 0 aliphatic rings. The first kappa shape index (κ1) is 16.0. The van der Waals surface area contributed by atoms with E-state index in [1.807, 2.05) is 49.4 Å². The summed E-state index contributed by atoms with van der Waals surface area (Å²) in [5, 5.41) is 13.6. The largest absolute Gasteiger partial charge is 0.338 e. The van der Waals surface area contributed by atoms with Gasteiger partial charge in [-0.15, -0.1) is 10.2 Å². The summed E-state index contributed by atoms with van der Waals surface area (Å²) >= 11 is 0. The number of hydrogen-bond donors (Lipinski definition) is 2. The molecule has 0 aliphatic carbocycles. The number of hydrogen-bond acceptors (Lipinski definition) is 5. The van der Waals surface area contributed by atoms with Crippen LogP contribution in [0, 0.1) is 6.92 Å². The monoisotopic (exact) mass is 342 g/mol. The fourth-order valence-electron chi connectivity index (χ4n) is 2.77. The molecule has 0 saturated carbocycles. The van der Waals surface area contributed by atoms with Crippen LogP contribution in [0.15, 0.2) is 59.2 Å². The highest BCUT2D eigenvalue weighted by Crippen LogP contribution is 2.23. The molecule has 0 radical (unpaired) electrons. The molecule has 2 aromatic heterocycles. The Hall–Kier alpha value is -3.54. The molecule has 26 heavy (non-hydrogen) atoms. The van der Waals surface area contributed by atoms with Crippen LogP contribution in [0.5, 0.6) is 0 Å². The topological polar surface area (TPSA) is 78.8 Å². The molecule has 2 heterocycles. The number of allylic oxidation sites excluding steroid dienone is 1. The van der Waals surface area contributed by atoms with E-state index in [9.17, 15) is 0 Å². The summed E-state index contributed by atoms with van der Waals surface area (Å²) in [6.07, 6.45) is 3.78. The summed E-state index contributed by atoms with van der Waals surface area (Å²) in [5.74, 6) is 0.351. The van der Waals surface area contributed by atoms with Crippen LogP contribution in [0.3, 0.4) is 0 Å². The number of nitrogens with one attached hydrogen (secondary N) is 2. The SMILES string of the molecule is CC(C=NNc1nnc2c(n1)[nH]c1ccc(C)cc12)=Cc1ccccc1. The average molecular weight is 342 g/mol. The molecule has 6 heteroatoms. The van der Waals surface area contributed by atoms with Gasteiger partial charge in [-0.2, -0.15) is 10.1 Å². The first-order valence-electron chi connectivity index (χ1n) is 8.34. The van der Waals surface area contributed by atoms with Crippen molar-refractivity contribution in [3.63, 3.8) is 0 Å². The summed E-state index contributed by atoms with van der Waals surface area (Å²) in [5.41, 5.74) is 8.60. The van der Waals surface area contributed by atoms with E-state index in [4.69, 9.17) is 0 Å². The zero-order valence-corrected chi connectivity index (χ0v) is 14.6. The van der Waals surface area contributed by atoms with Crippen molar-refractivity contribution < 1.29 is 0 Å². The van der Waals surface area contributed by atoms with Gasteiger partial charge in [-0.3, -0.25) is 0 Å². The van der Waals surface area contributed by atoms with Crippen molar-refractivity contribution in [2.45, 2.75) is 13.8 Å². The number of benzene rings is 2. The standard InChI is InChI=1S/C20H18N6/c1-13-8-9-17-16(11-13)18-19(22-17)23-20(26-24-18)25-21-12-14(2)10-15-6-4-3-5-7-15/h3-12H,1-2H3,(H2,22,23,25,26). The number of nitrogens with zero attached hydrogens (tertiary/aromatic N) is 4. The summed E-state index contributed by atoms with van der Waals surface area (Å²) < 4.78 is 0. The quantitative estimate of drug-likeness (QED) is 0.428. The predicted octanol–water partition coefficient (Wildman–Crippen LogP) is 4.32. The molecule has 0 atom stereocenters. The van der Waals surface area contributed by atoms with Crippen molar-refractivity contribution in [2.24, 2.45) is 5.10 Å². The van der Waals surface area contributed by atoms with Gasteiger partial charge in [0.2, 0.25) is 0 Å². The Balaban J connectivity index is 1.54. The molecule has 0 spiro atoms. The van der Waals surface area contributed by atoms with Crippen LogP contribution >= 0.6 is 0 Å². The molecule has 6 nitrogen and oxygen atoms in total. The van der Waals surface area contributed by atoms with Crippen molar-refractivity contribution in [1.29, 1.82) is 0 Å². The maximum atomic E-state index is 4.45. The molecular formula is C20H18N6. The van der Waals surface area contributed by atoms with Crippen molar-refractivity contribution in [3.8, 4) is 0 Å². The van der Waals surface area contributed by atoms with Gasteiger partial charge in [0, 0.05) is 10.9 Å². The molecule has 0 bridgehead atoms. The Morgan fingerprint density at radius 1 is 1.12 bits per heavy atom. The molecule has 0 aliphatic heterocycles. The summed E-state index contributed by atoms with van der Waals surface area (Å²) in [6.45, 7) is 4.04. The molecule has 0 fully saturated rings. The third-order valence-electron chi connectivity index (χ3n) is 4.00. The van der Waals surface area contributed by atoms with E-state index in [0.29, 0.717) is 11.6 Å². The van der Waals surface area contributed by atoms with Gasteiger partial charge >= 0.3 is 0 Å². The lowest BCUT2D eigenvalue weighted by atomic mass is 10.1. The van der Waals surface area contributed by atoms with E-state index in [1.165, 1.54) is 5.56 Å². The van der Waals surface area contributed by atoms with E-state index in [1.54, 1.807) is 6.21 Å². The Labute approximate surface area is 150 Å². The first-order chi connectivity index (χ1) is 12.7. The van der Waals surface area contributed by atoms with Gasteiger partial charge in [0.25, 0.3) is 5.95 Å². The Kier molecular flexibility index (Phi) is 4.15. The van der Waals surface area contributed by atoms with E-state index in [0.717, 1.165) is 27.6 Å². The normalized spacial score (nSPS) is 12.3. The van der Waals surface area contributed by atoms with Crippen LogP contribution in [0.2, 0.25) is 0 Å². The first-order valence-corrected chi connectivity index (χ1v) is 8.34. The number of rotatable bonds is 4. The zero-order valence-electron chi connectivity index (χ0n) is 14.6. The minimum absolute atomic E-state index is 0.351. The number of aryl methyl sites for hydroxylation is 1. The van der Waals surface area contributed by atoms with Gasteiger partial charge in [-0.1, -0.05) is 48.0 Å². The van der Waals surface area contributed by atoms with Gasteiger partial charge in [-0.05, 0) is 37.1 Å². The summed E-state index contributed by atoms with van der Waals surface area (Å²) in [4.78, 5) is 7.71. The van der Waals surface area contributed by atoms with Gasteiger partial charge in [0.05, 0.1) is 6.21 Å². The number of hydrazone groups is 1. The van der Waals surface area contributed by atoms with E-state index in [2.05, 4.69) is 49.7 Å². The van der Waals surface area contributed by atoms with Crippen molar-refractivity contribution in [3.05, 3.63) is 65.2 Å². The van der Waals surface area contributed by atoms with E-state index >= 15 is 0 Å². The molecule has 0 amide bonds. The van der Waals surface area contributed by atoms with Crippen LogP contribution in [0.4, 0.5) is 5.95 Å². The van der Waals surface area contributed by atoms with Crippen molar-refractivity contribution in [2.75, 3.05) is 5.43 Å². The van der Waals surface area contributed by atoms with Gasteiger partial charge in [0.1, 0.15) is 5.52 Å². The Morgan fingerprint density at radius 3 is 2.81 bits per heavy atom. The van der Waals surface area contributed by atoms with Crippen molar-refractivity contribution >= 4 is 40.3 Å². The number of fused-ring (bicyclic) bond motifs is 3. The van der Waals surface area contributed by atoms with Crippen LogP contribution in [0.25, 0.3) is 28.1 Å². The molecule has 128 valence electrons. The molecule has 0 unspecified atom stereocenters. The van der Waals surface area contributed by atoms with Gasteiger partial charge < -0.3 is 4.98 Å². The van der Waals surface area contributed by atoms with Crippen molar-refractivity contribution in [1.82, 2.24) is 20.2 Å². The predicted molar refractivity (Wildman–Crippen MR) is 106 cm³/mol. The summed E-state index contributed by atoms with van der Waals surface area (Å²) in [6, 6.07) is 16.2. The molecule has 4 aromatic rings. The smallest absolute Gasteiger partial charge is 0.265 e. The Morgan fingerprint density at radius 2 is 1.96 bits per heavy atom. The second-order valence-corrected chi connectivity index (χ2v) is 6.18. The second-order valence-electron chi connectivity index (χ2n) is 6.18. The summed E-state index contributed by atoms with van der Waals surface area (Å²) in [7, 11) is 0. The number of anilines is 1. The van der Waals surface area contributed by atoms with Crippen LogP contribution in [-0.4, -0.2) is 26.4 Å². The fourth-order valence-corrected chi connectivity index (χ4v) is 2.77. The molecular weight excluding hydrogens is 324 g/mol. The maximum absolute atomic E-state index is 4.45. The molecule has 4 rings (SSSR count). The minimum Gasteiger partial charge on any atom is -0.338 e. The van der Waals surface area contributed by atoms with Gasteiger partial charge in [-0.25, -0.2) is 5.43 Å². The minimum atomic E-state index is 0.351. The molecule has 2 N–H and O–H groups in total. The van der Waals surface area contributed by atoms with Crippen LogP contribution in [-0.2, 0) is 0 Å². The highest BCUT2D eigenvalue weighted by atomic mass is 15.4. The lowest BCUT2D eigenvalue weighted by Gasteiger charge is -1.98. The molecule has 2 aromatic carbocycles. The second kappa shape index (κ2) is 6.76. The lowest BCUT2D eigenvalue weighted by Crippen LogP contribution is -1.98. The fraction of sp³-hybridized carbons (Fsp3) is 0.100. The third-order valence-corrected chi connectivity index (χ3v) is 4.00. The average Bonchev–Trinajstić information content (AvgIpc) is 2.99. The third kappa shape index (κ3) is 3.30.